The number of carbonyl (C=O) groups excluding carboxylic acids is 1. The Hall–Kier alpha value is -0.820. The van der Waals surface area contributed by atoms with Crippen LogP contribution >= 0.6 is 7.60 Å². The average molecular weight is 370 g/mol. The van der Waals surface area contributed by atoms with Gasteiger partial charge in [-0.25, -0.2) is 0 Å². The Kier molecular flexibility index (Phi) is 8.49. The molecular formula is C19H31O5P. The lowest BCUT2D eigenvalue weighted by Crippen LogP contribution is -2.08. The number of ether oxygens (including phenoxy) is 1. The molecule has 142 valence electrons. The maximum absolute atomic E-state index is 11.8. The molecular weight excluding hydrogens is 339 g/mol. The average Bonchev–Trinajstić information content (AvgIpc) is 3.16. The Morgan fingerprint density at radius 2 is 1.68 bits per heavy atom. The number of hydrogen-bond acceptors (Lipinski definition) is 4. The first-order valence-electron chi connectivity index (χ1n) is 9.53. The highest BCUT2D eigenvalue weighted by atomic mass is 31.2. The van der Waals surface area contributed by atoms with Gasteiger partial charge in [0.25, 0.3) is 0 Å². The van der Waals surface area contributed by atoms with E-state index >= 15 is 0 Å². The molecule has 25 heavy (non-hydrogen) atoms. The number of unbranched alkanes of at least 4 members (excludes halogenated alkanes) is 4. The van der Waals surface area contributed by atoms with Crippen molar-refractivity contribution in [3.8, 4) is 11.8 Å². The number of carbonyl (C=O) groups is 1. The summed E-state index contributed by atoms with van der Waals surface area (Å²) in [5.41, 5.74) is 0. The van der Waals surface area contributed by atoms with Crippen LogP contribution in [0.15, 0.2) is 0 Å². The lowest BCUT2D eigenvalue weighted by molar-refractivity contribution is -0.144. The largest absolute Gasteiger partial charge is 0.465 e. The fraction of sp³-hybridized carbons (Fsp3) is 0.842. The van der Waals surface area contributed by atoms with Crippen LogP contribution < -0.4 is 0 Å². The molecule has 0 radical (unpaired) electrons. The van der Waals surface area contributed by atoms with Crippen molar-refractivity contribution in [3.05, 3.63) is 0 Å². The monoisotopic (exact) mass is 370 g/mol. The molecule has 6 heteroatoms. The molecule has 5 nitrogen and oxygen atoms in total. The second-order valence-corrected chi connectivity index (χ2v) is 9.12. The van der Waals surface area contributed by atoms with Crippen LogP contribution in [0.5, 0.6) is 0 Å². The van der Waals surface area contributed by atoms with Gasteiger partial charge in [-0.2, -0.15) is 0 Å². The molecule has 1 N–H and O–H groups in total. The van der Waals surface area contributed by atoms with Crippen LogP contribution in [0.1, 0.15) is 64.2 Å². The van der Waals surface area contributed by atoms with E-state index in [-0.39, 0.29) is 5.97 Å². The van der Waals surface area contributed by atoms with Crippen LogP contribution in [0.4, 0.5) is 0 Å². The van der Waals surface area contributed by atoms with Crippen molar-refractivity contribution in [1.29, 1.82) is 0 Å². The molecule has 2 unspecified atom stereocenters. The van der Waals surface area contributed by atoms with Crippen molar-refractivity contribution < 1.29 is 23.5 Å². The van der Waals surface area contributed by atoms with Gasteiger partial charge in [0.2, 0.25) is 0 Å². The standard InChI is InChI=1S/C19H31O5P/c1-25(21,22)24-14-10-6-2-3-9-13-19(20)23-15-18-16-11-7-4-5-8-12-17(16)18/h16-18H,2-3,6-15H2,1H3,(H,21,22)/t16-,17+,18?. The normalized spacial score (nSPS) is 27.0. The zero-order chi connectivity index (χ0) is 18.1. The summed E-state index contributed by atoms with van der Waals surface area (Å²) in [7, 11) is -3.33. The lowest BCUT2D eigenvalue weighted by atomic mass is 10.1. The predicted octanol–water partition coefficient (Wildman–Crippen LogP) is 4.14. The summed E-state index contributed by atoms with van der Waals surface area (Å²) in [4.78, 5) is 20.8. The molecule has 0 heterocycles. The van der Waals surface area contributed by atoms with Crippen LogP contribution in [0, 0.1) is 29.6 Å². The minimum Gasteiger partial charge on any atom is -0.465 e. The predicted molar refractivity (Wildman–Crippen MR) is 97.1 cm³/mol. The molecule has 0 aromatic carbocycles. The van der Waals surface area contributed by atoms with Crippen molar-refractivity contribution in [2.24, 2.45) is 17.8 Å². The van der Waals surface area contributed by atoms with E-state index in [1.807, 2.05) is 0 Å². The van der Waals surface area contributed by atoms with Crippen LogP contribution in [-0.2, 0) is 18.6 Å². The van der Waals surface area contributed by atoms with E-state index in [4.69, 9.17) is 14.2 Å². The second kappa shape index (κ2) is 10.4. The quantitative estimate of drug-likeness (QED) is 0.256. The zero-order valence-corrected chi connectivity index (χ0v) is 16.1. The van der Waals surface area contributed by atoms with E-state index in [9.17, 15) is 9.36 Å². The maximum atomic E-state index is 11.8. The minimum absolute atomic E-state index is 0.0777. The molecule has 0 aromatic heterocycles. The summed E-state index contributed by atoms with van der Waals surface area (Å²) in [6.07, 6.45) is 9.34. The van der Waals surface area contributed by atoms with Crippen LogP contribution in [-0.4, -0.2) is 30.7 Å². The summed E-state index contributed by atoms with van der Waals surface area (Å²) in [5, 5.41) is 0. The summed E-state index contributed by atoms with van der Waals surface area (Å²) in [5.74, 6) is 8.33. The van der Waals surface area contributed by atoms with Gasteiger partial charge in [-0.15, -0.1) is 11.8 Å². The number of fused-ring (bicyclic) bond motifs is 1. The number of rotatable bonds is 11. The van der Waals surface area contributed by atoms with Gasteiger partial charge in [0.05, 0.1) is 13.2 Å². The van der Waals surface area contributed by atoms with Crippen LogP contribution in [0.3, 0.4) is 0 Å². The Morgan fingerprint density at radius 1 is 1.08 bits per heavy atom. The van der Waals surface area contributed by atoms with Gasteiger partial charge < -0.3 is 14.2 Å². The van der Waals surface area contributed by atoms with Gasteiger partial charge in [0.1, 0.15) is 0 Å². The van der Waals surface area contributed by atoms with Gasteiger partial charge in [0.15, 0.2) is 0 Å². The summed E-state index contributed by atoms with van der Waals surface area (Å²) >= 11 is 0. The first kappa shape index (κ1) is 20.5. The minimum atomic E-state index is -3.33. The van der Waals surface area contributed by atoms with E-state index in [1.54, 1.807) is 0 Å². The Balaban J connectivity index is 1.43. The number of hydrogen-bond donors (Lipinski definition) is 1. The molecule has 0 bridgehead atoms. The SMILES string of the molecule is CP(=O)(O)OCCCCCCCC(=O)OCC1[C@H]2CCC#CCC[C@@H]12. The smallest absolute Gasteiger partial charge is 0.325 e. The summed E-state index contributed by atoms with van der Waals surface area (Å²) in [6, 6.07) is 0. The van der Waals surface area contributed by atoms with Gasteiger partial charge in [-0.1, -0.05) is 19.3 Å². The first-order chi connectivity index (χ1) is 12.0. The van der Waals surface area contributed by atoms with Gasteiger partial charge in [-0.05, 0) is 43.4 Å². The highest BCUT2D eigenvalue weighted by molar-refractivity contribution is 7.51. The molecule has 2 rings (SSSR count). The van der Waals surface area contributed by atoms with Crippen molar-refractivity contribution in [1.82, 2.24) is 0 Å². The van der Waals surface area contributed by atoms with Crippen molar-refractivity contribution >= 4 is 13.6 Å². The third-order valence-electron chi connectivity index (χ3n) is 5.13. The molecule has 1 fully saturated rings. The third kappa shape index (κ3) is 8.40. The fourth-order valence-electron chi connectivity index (χ4n) is 3.68. The van der Waals surface area contributed by atoms with E-state index < -0.39 is 7.60 Å². The van der Waals surface area contributed by atoms with Crippen molar-refractivity contribution in [2.75, 3.05) is 19.9 Å². The first-order valence-corrected chi connectivity index (χ1v) is 11.6. The molecule has 2 aliphatic carbocycles. The second-order valence-electron chi connectivity index (χ2n) is 7.26. The Bertz CT molecular complexity index is 512. The molecule has 1 saturated carbocycles. The summed E-state index contributed by atoms with van der Waals surface area (Å²) in [6.45, 7) is 2.11. The van der Waals surface area contributed by atoms with E-state index in [0.29, 0.717) is 25.6 Å². The fourth-order valence-corrected chi connectivity index (χ4v) is 4.15. The highest BCUT2D eigenvalue weighted by Gasteiger charge is 2.49. The topological polar surface area (TPSA) is 72.8 Å². The molecule has 4 atom stereocenters. The molecule has 0 aliphatic heterocycles. The van der Waals surface area contributed by atoms with Gasteiger partial charge in [-0.3, -0.25) is 9.36 Å². The third-order valence-corrected chi connectivity index (χ3v) is 5.79. The summed E-state index contributed by atoms with van der Waals surface area (Å²) < 4.78 is 21.2. The van der Waals surface area contributed by atoms with E-state index in [2.05, 4.69) is 11.8 Å². The van der Waals surface area contributed by atoms with Gasteiger partial charge >= 0.3 is 13.6 Å². The van der Waals surface area contributed by atoms with Crippen molar-refractivity contribution in [3.63, 3.8) is 0 Å². The zero-order valence-electron chi connectivity index (χ0n) is 15.2. The molecule has 0 spiro atoms. The van der Waals surface area contributed by atoms with E-state index in [1.165, 1.54) is 6.66 Å². The van der Waals surface area contributed by atoms with Crippen LogP contribution in [0.25, 0.3) is 0 Å². The lowest BCUT2D eigenvalue weighted by Gasteiger charge is -2.07. The van der Waals surface area contributed by atoms with E-state index in [0.717, 1.165) is 69.6 Å². The Morgan fingerprint density at radius 3 is 2.32 bits per heavy atom. The van der Waals surface area contributed by atoms with Crippen LogP contribution in [0.2, 0.25) is 0 Å². The molecule has 2 aliphatic rings. The molecule has 0 amide bonds. The number of esters is 1. The van der Waals surface area contributed by atoms with Crippen molar-refractivity contribution in [2.45, 2.75) is 64.2 Å². The highest BCUT2D eigenvalue weighted by Crippen LogP contribution is 2.52. The Labute approximate surface area is 151 Å². The molecule has 0 aromatic rings. The maximum Gasteiger partial charge on any atom is 0.325 e. The van der Waals surface area contributed by atoms with Gasteiger partial charge in [0, 0.05) is 25.9 Å². The molecule has 0 saturated heterocycles.